The number of nitrogens with zero attached hydrogens (tertiary/aromatic N) is 2. The van der Waals surface area contributed by atoms with Crippen molar-refractivity contribution >= 4 is 26.0 Å². The van der Waals surface area contributed by atoms with Crippen LogP contribution in [0.15, 0.2) is 51.8 Å². The van der Waals surface area contributed by atoms with Crippen LogP contribution in [0.4, 0.5) is 13.2 Å². The Hall–Kier alpha value is -2.17. The van der Waals surface area contributed by atoms with Gasteiger partial charge in [-0.3, -0.25) is 0 Å². The van der Waals surface area contributed by atoms with Crippen LogP contribution in [0.25, 0.3) is 16.9 Å². The number of hydrogen-bond acceptors (Lipinski definition) is 3. The predicted molar refractivity (Wildman–Crippen MR) is 97.7 cm³/mol. The van der Waals surface area contributed by atoms with E-state index in [4.69, 9.17) is 5.14 Å². The molecule has 0 aliphatic carbocycles. The molecule has 3 aromatic rings. The first-order valence-corrected chi connectivity index (χ1v) is 9.89. The van der Waals surface area contributed by atoms with Crippen LogP contribution in [0, 0.1) is 12.7 Å². The summed E-state index contributed by atoms with van der Waals surface area (Å²) in [6.45, 7) is 1.82. The molecule has 0 unspecified atom stereocenters. The highest BCUT2D eigenvalue weighted by Gasteiger charge is 2.20. The fourth-order valence-corrected chi connectivity index (χ4v) is 3.40. The van der Waals surface area contributed by atoms with Crippen molar-refractivity contribution in [3.8, 4) is 16.9 Å². The van der Waals surface area contributed by atoms with Crippen LogP contribution >= 0.6 is 15.9 Å². The summed E-state index contributed by atoms with van der Waals surface area (Å²) in [5.74, 6) is -1.08. The van der Waals surface area contributed by atoms with Crippen molar-refractivity contribution in [3.63, 3.8) is 0 Å². The van der Waals surface area contributed by atoms with Crippen LogP contribution in [-0.4, -0.2) is 18.2 Å². The molecule has 0 aliphatic heterocycles. The molecular weight excluding hydrogens is 447 g/mol. The molecule has 0 saturated carbocycles. The third kappa shape index (κ3) is 3.92. The quantitative estimate of drug-likeness (QED) is 0.630. The number of sulfonamides is 1. The molecule has 0 bridgehead atoms. The minimum atomic E-state index is -4.24. The van der Waals surface area contributed by atoms with Crippen molar-refractivity contribution < 1.29 is 21.6 Å². The molecule has 142 valence electrons. The van der Waals surface area contributed by atoms with Gasteiger partial charge in [0.05, 0.1) is 11.4 Å². The Morgan fingerprint density at radius 3 is 2.41 bits per heavy atom. The summed E-state index contributed by atoms with van der Waals surface area (Å²) in [5.41, 5.74) is 1.23. The lowest BCUT2D eigenvalue weighted by Gasteiger charge is -2.10. The first-order chi connectivity index (χ1) is 12.6. The number of hydrogen-bond donors (Lipinski definition) is 1. The molecule has 10 heteroatoms. The molecule has 0 saturated heterocycles. The Kier molecular flexibility index (Phi) is 5.15. The van der Waals surface area contributed by atoms with Gasteiger partial charge in [-0.05, 0) is 48.9 Å². The van der Waals surface area contributed by atoms with E-state index in [-0.39, 0.29) is 11.3 Å². The van der Waals surface area contributed by atoms with E-state index in [9.17, 15) is 21.6 Å². The largest absolute Gasteiger partial charge is 0.282 e. The molecule has 0 aliphatic rings. The van der Waals surface area contributed by atoms with Gasteiger partial charge in [-0.15, -0.1) is 0 Å². The maximum atomic E-state index is 14.2. The van der Waals surface area contributed by atoms with Crippen LogP contribution in [0.2, 0.25) is 0 Å². The number of nitrogens with two attached hydrogens (primary N) is 1. The van der Waals surface area contributed by atoms with Gasteiger partial charge in [0.1, 0.15) is 16.4 Å². The number of aryl methyl sites for hydroxylation is 1. The van der Waals surface area contributed by atoms with Gasteiger partial charge in [0.25, 0.3) is 6.43 Å². The highest BCUT2D eigenvalue weighted by atomic mass is 79.9. The summed E-state index contributed by atoms with van der Waals surface area (Å²) in [4.78, 5) is -0.675. The summed E-state index contributed by atoms with van der Waals surface area (Å²) >= 11 is 3.36. The van der Waals surface area contributed by atoms with E-state index in [0.717, 1.165) is 28.2 Å². The molecule has 27 heavy (non-hydrogen) atoms. The molecule has 1 aromatic heterocycles. The second-order valence-electron chi connectivity index (χ2n) is 5.79. The molecular formula is C17H13BrF3N3O2S. The van der Waals surface area contributed by atoms with E-state index in [0.29, 0.717) is 5.69 Å². The second kappa shape index (κ2) is 7.10. The predicted octanol–water partition coefficient (Wildman–Crippen LogP) is 4.33. The minimum absolute atomic E-state index is 0.180. The number of halogens is 4. The second-order valence-corrected chi connectivity index (χ2v) is 8.17. The molecule has 0 atom stereocenters. The third-order valence-electron chi connectivity index (χ3n) is 3.87. The number of aromatic nitrogens is 2. The standard InChI is InChI=1S/C17H13BrF3N3O2S/c1-9-6-11(3-4-12(9)18)24-15(8-14(23-24)17(20)21)10-2-5-16(13(19)7-10)27(22,25)26/h2-8,17H,1H3,(H2,22,25,26). The fourth-order valence-electron chi connectivity index (χ4n) is 2.56. The minimum Gasteiger partial charge on any atom is -0.233 e. The molecule has 0 radical (unpaired) electrons. The lowest BCUT2D eigenvalue weighted by atomic mass is 10.1. The van der Waals surface area contributed by atoms with E-state index in [1.807, 2.05) is 6.92 Å². The van der Waals surface area contributed by atoms with E-state index in [1.165, 1.54) is 10.7 Å². The third-order valence-corrected chi connectivity index (χ3v) is 5.71. The van der Waals surface area contributed by atoms with Gasteiger partial charge in [0.15, 0.2) is 0 Å². The molecule has 2 N–H and O–H groups in total. The average Bonchev–Trinajstić information content (AvgIpc) is 3.01. The molecule has 3 rings (SSSR count). The van der Waals surface area contributed by atoms with E-state index in [2.05, 4.69) is 21.0 Å². The Balaban J connectivity index is 2.20. The van der Waals surface area contributed by atoms with Gasteiger partial charge in [-0.25, -0.2) is 31.4 Å². The zero-order chi connectivity index (χ0) is 19.9. The Labute approximate surface area is 161 Å². The normalized spacial score (nSPS) is 12.0. The van der Waals surface area contributed by atoms with E-state index >= 15 is 0 Å². The molecule has 0 amide bonds. The number of rotatable bonds is 4. The molecule has 0 fully saturated rings. The van der Waals surface area contributed by atoms with Crippen molar-refractivity contribution in [2.75, 3.05) is 0 Å². The number of benzene rings is 2. The lowest BCUT2D eigenvalue weighted by molar-refractivity contribution is 0.145. The first-order valence-electron chi connectivity index (χ1n) is 7.55. The highest BCUT2D eigenvalue weighted by molar-refractivity contribution is 9.10. The summed E-state index contributed by atoms with van der Waals surface area (Å²) in [7, 11) is -4.24. The van der Waals surface area contributed by atoms with Crippen molar-refractivity contribution in [2.24, 2.45) is 5.14 Å². The van der Waals surface area contributed by atoms with E-state index < -0.39 is 32.9 Å². The van der Waals surface area contributed by atoms with Crippen molar-refractivity contribution in [1.82, 2.24) is 9.78 Å². The van der Waals surface area contributed by atoms with Gasteiger partial charge >= 0.3 is 0 Å². The van der Waals surface area contributed by atoms with Crippen LogP contribution in [0.1, 0.15) is 17.7 Å². The molecule has 1 heterocycles. The van der Waals surface area contributed by atoms with Gasteiger partial charge in [0, 0.05) is 10.0 Å². The fraction of sp³-hybridized carbons (Fsp3) is 0.118. The smallest absolute Gasteiger partial charge is 0.233 e. The topological polar surface area (TPSA) is 78.0 Å². The maximum absolute atomic E-state index is 14.2. The Morgan fingerprint density at radius 2 is 1.85 bits per heavy atom. The van der Waals surface area contributed by atoms with Crippen molar-refractivity contribution in [1.29, 1.82) is 0 Å². The summed E-state index contributed by atoms with van der Waals surface area (Å²) in [5, 5.41) is 8.87. The van der Waals surface area contributed by atoms with Crippen LogP contribution < -0.4 is 5.14 Å². The van der Waals surface area contributed by atoms with Crippen LogP contribution in [0.3, 0.4) is 0 Å². The number of alkyl halides is 2. The Morgan fingerprint density at radius 1 is 1.15 bits per heavy atom. The SMILES string of the molecule is Cc1cc(-n2nc(C(F)F)cc2-c2ccc(S(N)(=O)=O)c(F)c2)ccc1Br. The summed E-state index contributed by atoms with van der Waals surface area (Å²) < 4.78 is 65.4. The maximum Gasteiger partial charge on any atom is 0.282 e. The lowest BCUT2D eigenvalue weighted by Crippen LogP contribution is -2.14. The zero-order valence-electron chi connectivity index (χ0n) is 13.8. The van der Waals surface area contributed by atoms with Crippen LogP contribution in [0.5, 0.6) is 0 Å². The Bertz CT molecular complexity index is 1130. The summed E-state index contributed by atoms with van der Waals surface area (Å²) in [6.07, 6.45) is -2.82. The molecule has 5 nitrogen and oxygen atoms in total. The number of primary sulfonamides is 1. The van der Waals surface area contributed by atoms with Crippen LogP contribution in [-0.2, 0) is 10.0 Å². The van der Waals surface area contributed by atoms with Gasteiger partial charge < -0.3 is 0 Å². The molecule has 2 aromatic carbocycles. The zero-order valence-corrected chi connectivity index (χ0v) is 16.2. The highest BCUT2D eigenvalue weighted by Crippen LogP contribution is 2.31. The van der Waals surface area contributed by atoms with Crippen molar-refractivity contribution in [2.45, 2.75) is 18.2 Å². The first kappa shape index (κ1) is 19.6. The summed E-state index contributed by atoms with van der Waals surface area (Å²) in [6, 6.07) is 9.47. The average molecular weight is 460 g/mol. The van der Waals surface area contributed by atoms with Gasteiger partial charge in [-0.1, -0.05) is 22.0 Å². The van der Waals surface area contributed by atoms with Gasteiger partial charge in [-0.2, -0.15) is 5.10 Å². The van der Waals surface area contributed by atoms with E-state index in [1.54, 1.807) is 18.2 Å². The van der Waals surface area contributed by atoms with Crippen molar-refractivity contribution in [3.05, 3.63) is 64.0 Å². The van der Waals surface area contributed by atoms with Gasteiger partial charge in [0.2, 0.25) is 10.0 Å². The monoisotopic (exact) mass is 459 g/mol. The molecule has 0 spiro atoms.